The van der Waals surface area contributed by atoms with Crippen LogP contribution in [-0.2, 0) is 11.3 Å². The first-order chi connectivity index (χ1) is 12.2. The van der Waals surface area contributed by atoms with Gasteiger partial charge in [-0.2, -0.15) is 4.80 Å². The number of hydrogen-bond acceptors (Lipinski definition) is 4. The van der Waals surface area contributed by atoms with Crippen molar-refractivity contribution in [2.45, 2.75) is 51.1 Å². The molecule has 1 aromatic carbocycles. The first kappa shape index (κ1) is 16.5. The minimum absolute atomic E-state index is 0.0970. The Balaban J connectivity index is 1.47. The zero-order chi connectivity index (χ0) is 17.2. The van der Waals surface area contributed by atoms with Crippen LogP contribution in [0.4, 0.5) is 0 Å². The fourth-order valence-corrected chi connectivity index (χ4v) is 4.43. The van der Waals surface area contributed by atoms with E-state index in [-0.39, 0.29) is 12.5 Å². The predicted molar refractivity (Wildman–Crippen MR) is 95.0 cm³/mol. The Morgan fingerprint density at radius 1 is 1.16 bits per heavy atom. The van der Waals surface area contributed by atoms with E-state index in [0.717, 1.165) is 24.9 Å². The van der Waals surface area contributed by atoms with E-state index >= 15 is 0 Å². The van der Waals surface area contributed by atoms with Crippen LogP contribution in [0.15, 0.2) is 24.3 Å². The average Bonchev–Trinajstić information content (AvgIpc) is 3.09. The van der Waals surface area contributed by atoms with Crippen molar-refractivity contribution in [1.29, 1.82) is 0 Å². The quantitative estimate of drug-likeness (QED) is 0.844. The SMILES string of the molecule is O=C(Cn1nnc(-c2ccccc2Cl)n1)N1CCC[C@H]2CCCC[C@H]21. The molecule has 1 saturated carbocycles. The van der Waals surface area contributed by atoms with Crippen molar-refractivity contribution < 1.29 is 4.79 Å². The number of benzene rings is 1. The Hall–Kier alpha value is -1.95. The number of tetrazole rings is 1. The maximum atomic E-state index is 12.8. The van der Waals surface area contributed by atoms with Crippen LogP contribution in [0, 0.1) is 5.92 Å². The monoisotopic (exact) mass is 359 g/mol. The molecular weight excluding hydrogens is 338 g/mol. The Labute approximate surface area is 152 Å². The summed E-state index contributed by atoms with van der Waals surface area (Å²) in [6.07, 6.45) is 7.27. The van der Waals surface area contributed by atoms with Crippen molar-refractivity contribution in [2.24, 2.45) is 5.92 Å². The molecule has 1 aromatic heterocycles. The molecule has 4 rings (SSSR count). The molecule has 2 aliphatic rings. The predicted octanol–water partition coefficient (Wildman–Crippen LogP) is 3.17. The standard InChI is InChI=1S/C18H22ClN5O/c19-15-9-3-2-8-14(15)18-20-22-24(21-18)12-17(25)23-11-5-7-13-6-1-4-10-16(13)23/h2-3,8-9,13,16H,1,4-7,10-12H2/t13-,16-/m1/s1. The summed E-state index contributed by atoms with van der Waals surface area (Å²) < 4.78 is 0. The van der Waals surface area contributed by atoms with E-state index in [1.54, 1.807) is 6.07 Å². The van der Waals surface area contributed by atoms with Gasteiger partial charge in [0.05, 0.1) is 5.02 Å². The van der Waals surface area contributed by atoms with Crippen molar-refractivity contribution in [3.8, 4) is 11.4 Å². The number of halogens is 1. The summed E-state index contributed by atoms with van der Waals surface area (Å²) in [6, 6.07) is 7.78. The summed E-state index contributed by atoms with van der Waals surface area (Å²) in [5.41, 5.74) is 0.730. The second kappa shape index (κ2) is 7.12. The lowest BCUT2D eigenvalue weighted by molar-refractivity contribution is -0.138. The van der Waals surface area contributed by atoms with Crippen LogP contribution in [0.2, 0.25) is 5.02 Å². The van der Waals surface area contributed by atoms with E-state index in [4.69, 9.17) is 11.6 Å². The van der Waals surface area contributed by atoms with E-state index in [1.807, 2.05) is 18.2 Å². The number of likely N-dealkylation sites (tertiary alicyclic amines) is 1. The summed E-state index contributed by atoms with van der Waals surface area (Å²) in [7, 11) is 0. The fourth-order valence-electron chi connectivity index (χ4n) is 4.21. The van der Waals surface area contributed by atoms with Crippen molar-refractivity contribution in [3.05, 3.63) is 29.3 Å². The highest BCUT2D eigenvalue weighted by molar-refractivity contribution is 6.33. The van der Waals surface area contributed by atoms with E-state index < -0.39 is 0 Å². The van der Waals surface area contributed by atoms with Crippen LogP contribution >= 0.6 is 11.6 Å². The molecule has 1 saturated heterocycles. The van der Waals surface area contributed by atoms with Gasteiger partial charge < -0.3 is 4.90 Å². The Kier molecular flexibility index (Phi) is 4.70. The number of piperidine rings is 1. The van der Waals surface area contributed by atoms with Gasteiger partial charge in [-0.25, -0.2) is 0 Å². The van der Waals surface area contributed by atoms with Gasteiger partial charge in [-0.15, -0.1) is 10.2 Å². The molecule has 0 unspecified atom stereocenters. The van der Waals surface area contributed by atoms with Gasteiger partial charge in [0, 0.05) is 18.2 Å². The van der Waals surface area contributed by atoms with Crippen LogP contribution in [0.3, 0.4) is 0 Å². The van der Waals surface area contributed by atoms with E-state index in [1.165, 1.54) is 30.5 Å². The lowest BCUT2D eigenvalue weighted by Gasteiger charge is -2.44. The molecule has 0 spiro atoms. The second-order valence-electron chi connectivity index (χ2n) is 6.96. The third-order valence-electron chi connectivity index (χ3n) is 5.41. The highest BCUT2D eigenvalue weighted by Gasteiger charge is 2.35. The smallest absolute Gasteiger partial charge is 0.246 e. The summed E-state index contributed by atoms with van der Waals surface area (Å²) >= 11 is 6.18. The average molecular weight is 360 g/mol. The van der Waals surface area contributed by atoms with Crippen molar-refractivity contribution >= 4 is 17.5 Å². The molecule has 0 radical (unpaired) electrons. The number of hydrogen-bond donors (Lipinski definition) is 0. The number of carbonyl (C=O) groups excluding carboxylic acids is 1. The molecule has 0 N–H and O–H groups in total. The molecule has 25 heavy (non-hydrogen) atoms. The summed E-state index contributed by atoms with van der Waals surface area (Å²) in [5, 5.41) is 13.0. The highest BCUT2D eigenvalue weighted by atomic mass is 35.5. The lowest BCUT2D eigenvalue weighted by Crippen LogP contribution is -2.50. The molecule has 2 fully saturated rings. The molecule has 2 heterocycles. The van der Waals surface area contributed by atoms with Crippen LogP contribution in [0.25, 0.3) is 11.4 Å². The molecule has 1 aliphatic carbocycles. The molecule has 132 valence electrons. The van der Waals surface area contributed by atoms with Gasteiger partial charge >= 0.3 is 0 Å². The van der Waals surface area contributed by atoms with Gasteiger partial charge in [0.2, 0.25) is 11.7 Å². The number of nitrogens with zero attached hydrogens (tertiary/aromatic N) is 5. The number of aromatic nitrogens is 4. The molecule has 2 aromatic rings. The Morgan fingerprint density at radius 3 is 2.84 bits per heavy atom. The van der Waals surface area contributed by atoms with E-state index in [9.17, 15) is 4.79 Å². The molecule has 7 heteroatoms. The van der Waals surface area contributed by atoms with Crippen LogP contribution < -0.4 is 0 Å². The normalized spacial score (nSPS) is 23.3. The molecule has 2 atom stereocenters. The second-order valence-corrected chi connectivity index (χ2v) is 7.37. The molecule has 1 aliphatic heterocycles. The topological polar surface area (TPSA) is 63.9 Å². The largest absolute Gasteiger partial charge is 0.338 e. The highest BCUT2D eigenvalue weighted by Crippen LogP contribution is 2.35. The molecular formula is C18H22ClN5O. The number of fused-ring (bicyclic) bond motifs is 1. The van der Waals surface area contributed by atoms with Crippen LogP contribution in [0.5, 0.6) is 0 Å². The van der Waals surface area contributed by atoms with Gasteiger partial charge in [-0.3, -0.25) is 4.79 Å². The van der Waals surface area contributed by atoms with Crippen molar-refractivity contribution in [3.63, 3.8) is 0 Å². The lowest BCUT2D eigenvalue weighted by atomic mass is 9.78. The number of rotatable bonds is 3. The summed E-state index contributed by atoms with van der Waals surface area (Å²) in [4.78, 5) is 16.3. The van der Waals surface area contributed by atoms with Gasteiger partial charge in [0.15, 0.2) is 0 Å². The summed E-state index contributed by atoms with van der Waals surface area (Å²) in [6.45, 7) is 0.993. The first-order valence-electron chi connectivity index (χ1n) is 9.04. The Bertz CT molecular complexity index is 759. The molecule has 6 nitrogen and oxygen atoms in total. The van der Waals surface area contributed by atoms with E-state index in [2.05, 4.69) is 20.3 Å². The van der Waals surface area contributed by atoms with Gasteiger partial charge in [0.25, 0.3) is 0 Å². The third-order valence-corrected chi connectivity index (χ3v) is 5.74. The zero-order valence-corrected chi connectivity index (χ0v) is 14.9. The number of amides is 1. The minimum Gasteiger partial charge on any atom is -0.338 e. The van der Waals surface area contributed by atoms with Crippen molar-refractivity contribution in [2.75, 3.05) is 6.54 Å². The maximum Gasteiger partial charge on any atom is 0.246 e. The molecule has 1 amide bonds. The fraction of sp³-hybridized carbons (Fsp3) is 0.556. The molecule has 0 bridgehead atoms. The van der Waals surface area contributed by atoms with E-state index in [0.29, 0.717) is 22.8 Å². The summed E-state index contributed by atoms with van der Waals surface area (Å²) in [5.74, 6) is 1.22. The van der Waals surface area contributed by atoms with Crippen LogP contribution in [0.1, 0.15) is 38.5 Å². The minimum atomic E-state index is 0.0970. The number of carbonyl (C=O) groups is 1. The van der Waals surface area contributed by atoms with Gasteiger partial charge in [-0.05, 0) is 48.9 Å². The third kappa shape index (κ3) is 3.40. The van der Waals surface area contributed by atoms with Crippen LogP contribution in [-0.4, -0.2) is 43.6 Å². The first-order valence-corrected chi connectivity index (χ1v) is 9.42. The Morgan fingerprint density at radius 2 is 1.96 bits per heavy atom. The van der Waals surface area contributed by atoms with Crippen molar-refractivity contribution in [1.82, 2.24) is 25.1 Å². The van der Waals surface area contributed by atoms with Gasteiger partial charge in [0.1, 0.15) is 6.54 Å². The van der Waals surface area contributed by atoms with Gasteiger partial charge in [-0.1, -0.05) is 36.6 Å². The zero-order valence-electron chi connectivity index (χ0n) is 14.1. The maximum absolute atomic E-state index is 12.8.